The number of halogens is 2. The van der Waals surface area contributed by atoms with Gasteiger partial charge in [-0.2, -0.15) is 4.98 Å². The van der Waals surface area contributed by atoms with E-state index < -0.39 is 5.82 Å². The molecule has 0 saturated heterocycles. The van der Waals surface area contributed by atoms with Crippen molar-refractivity contribution in [3.8, 4) is 0 Å². The third kappa shape index (κ3) is 5.54. The van der Waals surface area contributed by atoms with Crippen LogP contribution in [-0.4, -0.2) is 21.7 Å². The van der Waals surface area contributed by atoms with E-state index in [0.717, 1.165) is 6.20 Å². The van der Waals surface area contributed by atoms with Gasteiger partial charge in [-0.25, -0.2) is 9.37 Å². The lowest BCUT2D eigenvalue weighted by Crippen LogP contribution is -2.12. The van der Waals surface area contributed by atoms with Gasteiger partial charge in [-0.05, 0) is 55.5 Å². The van der Waals surface area contributed by atoms with E-state index in [4.69, 9.17) is 11.6 Å². The van der Waals surface area contributed by atoms with Crippen LogP contribution in [0.2, 0.25) is 5.02 Å². The molecule has 0 saturated carbocycles. The van der Waals surface area contributed by atoms with E-state index in [1.165, 1.54) is 6.92 Å². The van der Waals surface area contributed by atoms with E-state index in [2.05, 4.69) is 25.9 Å². The van der Waals surface area contributed by atoms with Gasteiger partial charge in [0.15, 0.2) is 17.4 Å². The maximum atomic E-state index is 14.3. The number of ketones is 1. The Bertz CT molecular complexity index is 1360. The van der Waals surface area contributed by atoms with Crippen molar-refractivity contribution in [3.63, 3.8) is 0 Å². The van der Waals surface area contributed by atoms with Gasteiger partial charge in [0.05, 0.1) is 16.9 Å². The Hall–Kier alpha value is -4.30. The Morgan fingerprint density at radius 2 is 1.65 bits per heavy atom. The fourth-order valence-corrected chi connectivity index (χ4v) is 3.24. The second kappa shape index (κ2) is 10.1. The maximum Gasteiger partial charge on any atom is 0.255 e. The Kier molecular flexibility index (Phi) is 6.79. The van der Waals surface area contributed by atoms with Crippen molar-refractivity contribution < 1.29 is 14.0 Å². The van der Waals surface area contributed by atoms with Gasteiger partial charge in [-0.15, -0.1) is 0 Å². The quantitative estimate of drug-likeness (QED) is 0.275. The van der Waals surface area contributed by atoms with Crippen molar-refractivity contribution >= 4 is 52.1 Å². The summed E-state index contributed by atoms with van der Waals surface area (Å²) >= 11 is 6.08. The lowest BCUT2D eigenvalue weighted by molar-refractivity contribution is 0.101. The molecule has 1 heterocycles. The number of aromatic nitrogens is 2. The van der Waals surface area contributed by atoms with Gasteiger partial charge in [0, 0.05) is 22.5 Å². The number of amides is 1. The van der Waals surface area contributed by atoms with Crippen LogP contribution in [0.3, 0.4) is 0 Å². The molecule has 3 N–H and O–H groups in total. The molecule has 1 amide bonds. The van der Waals surface area contributed by atoms with Crippen LogP contribution < -0.4 is 16.0 Å². The summed E-state index contributed by atoms with van der Waals surface area (Å²) in [4.78, 5) is 32.2. The van der Waals surface area contributed by atoms with Crippen LogP contribution in [0.4, 0.5) is 33.2 Å². The van der Waals surface area contributed by atoms with E-state index in [1.807, 2.05) is 0 Å². The van der Waals surface area contributed by atoms with E-state index >= 15 is 0 Å². The third-order valence-electron chi connectivity index (χ3n) is 4.80. The van der Waals surface area contributed by atoms with Crippen LogP contribution >= 0.6 is 11.6 Å². The molecular weight excluding hydrogens is 457 g/mol. The minimum Gasteiger partial charge on any atom is -0.338 e. The van der Waals surface area contributed by atoms with E-state index in [1.54, 1.807) is 72.8 Å². The van der Waals surface area contributed by atoms with Crippen molar-refractivity contribution in [2.45, 2.75) is 6.92 Å². The molecule has 7 nitrogen and oxygen atoms in total. The van der Waals surface area contributed by atoms with Crippen LogP contribution in [0.1, 0.15) is 27.6 Å². The fourth-order valence-electron chi connectivity index (χ4n) is 3.06. The first kappa shape index (κ1) is 22.9. The van der Waals surface area contributed by atoms with Crippen LogP contribution in [0.25, 0.3) is 0 Å². The molecule has 4 aromatic rings. The summed E-state index contributed by atoms with van der Waals surface area (Å²) in [6.45, 7) is 1.47. The molecule has 0 aliphatic heterocycles. The number of hydrogen-bond donors (Lipinski definition) is 3. The zero-order valence-electron chi connectivity index (χ0n) is 18.0. The predicted octanol–water partition coefficient (Wildman–Crippen LogP) is 6.21. The summed E-state index contributed by atoms with van der Waals surface area (Å²) < 4.78 is 14.3. The second-order valence-electron chi connectivity index (χ2n) is 7.29. The van der Waals surface area contributed by atoms with Crippen LogP contribution in [0.15, 0.2) is 79.0 Å². The van der Waals surface area contributed by atoms with Crippen molar-refractivity contribution in [2.75, 3.05) is 16.0 Å². The monoisotopic (exact) mass is 475 g/mol. The highest BCUT2D eigenvalue weighted by Gasteiger charge is 2.11. The number of nitrogens with one attached hydrogen (secondary N) is 3. The van der Waals surface area contributed by atoms with Gasteiger partial charge >= 0.3 is 0 Å². The molecule has 0 radical (unpaired) electrons. The Balaban J connectivity index is 1.46. The van der Waals surface area contributed by atoms with E-state index in [0.29, 0.717) is 33.2 Å². The lowest BCUT2D eigenvalue weighted by atomic mass is 10.1. The molecule has 3 aromatic carbocycles. The molecule has 0 unspecified atom stereocenters. The largest absolute Gasteiger partial charge is 0.338 e. The second-order valence-corrected chi connectivity index (χ2v) is 7.70. The fraction of sp³-hybridized carbons (Fsp3) is 0.0400. The predicted molar refractivity (Wildman–Crippen MR) is 131 cm³/mol. The van der Waals surface area contributed by atoms with Gasteiger partial charge < -0.3 is 16.0 Å². The van der Waals surface area contributed by atoms with Gasteiger partial charge in [0.25, 0.3) is 5.91 Å². The molecule has 34 heavy (non-hydrogen) atoms. The summed E-state index contributed by atoms with van der Waals surface area (Å²) in [6.07, 6.45) is 1.04. The van der Waals surface area contributed by atoms with Crippen molar-refractivity contribution in [3.05, 3.63) is 101 Å². The van der Waals surface area contributed by atoms with Crippen molar-refractivity contribution in [1.29, 1.82) is 0 Å². The minimum absolute atomic E-state index is 0.0477. The molecule has 0 aliphatic rings. The van der Waals surface area contributed by atoms with Crippen LogP contribution in [0, 0.1) is 5.82 Å². The zero-order chi connectivity index (χ0) is 24.1. The summed E-state index contributed by atoms with van der Waals surface area (Å²) in [5.41, 5.74) is 2.56. The van der Waals surface area contributed by atoms with Crippen molar-refractivity contribution in [2.24, 2.45) is 0 Å². The molecule has 0 fully saturated rings. The minimum atomic E-state index is -0.649. The topological polar surface area (TPSA) is 96.0 Å². The number of hydrogen-bond acceptors (Lipinski definition) is 6. The first-order valence-corrected chi connectivity index (χ1v) is 10.6. The number of Topliss-reactive ketones (excluding diaryl/α,β-unsaturated/α-hetero) is 1. The molecule has 0 spiro atoms. The summed E-state index contributed by atoms with van der Waals surface area (Å²) in [5, 5.41) is 9.02. The lowest BCUT2D eigenvalue weighted by Gasteiger charge is -2.11. The van der Waals surface area contributed by atoms with Crippen molar-refractivity contribution in [1.82, 2.24) is 9.97 Å². The average molecular weight is 476 g/mol. The van der Waals surface area contributed by atoms with E-state index in [9.17, 15) is 14.0 Å². The number of rotatable bonds is 7. The number of carbonyl (C=O) groups is 2. The third-order valence-corrected chi connectivity index (χ3v) is 5.13. The van der Waals surface area contributed by atoms with Crippen LogP contribution in [0.5, 0.6) is 0 Å². The zero-order valence-corrected chi connectivity index (χ0v) is 18.7. The number of benzene rings is 3. The van der Waals surface area contributed by atoms with Gasteiger partial charge in [0.1, 0.15) is 0 Å². The molecule has 0 bridgehead atoms. The Labute approximate surface area is 200 Å². The molecule has 9 heteroatoms. The molecule has 170 valence electrons. The van der Waals surface area contributed by atoms with Gasteiger partial charge in [-0.1, -0.05) is 35.9 Å². The highest BCUT2D eigenvalue weighted by Crippen LogP contribution is 2.23. The average Bonchev–Trinajstić information content (AvgIpc) is 2.83. The standard InChI is InChI=1S/C25H19ClFN5O2/c1-15(33)17-5-4-6-19(13-17)30-25-28-14-21(27)23(32-25)29-18-11-9-16(10-12-18)24(34)31-22-8-3-2-7-20(22)26/h2-14H,1H3,(H,31,34)(H2,28,29,30,32). The summed E-state index contributed by atoms with van der Waals surface area (Å²) in [6, 6.07) is 20.2. The van der Waals surface area contributed by atoms with Gasteiger partial charge in [-0.3, -0.25) is 9.59 Å². The first-order chi connectivity index (χ1) is 16.4. The number of nitrogens with zero attached hydrogens (tertiary/aromatic N) is 2. The van der Waals surface area contributed by atoms with Crippen LogP contribution in [-0.2, 0) is 0 Å². The molecule has 4 rings (SSSR count). The number of anilines is 5. The smallest absolute Gasteiger partial charge is 0.255 e. The molecule has 0 atom stereocenters. The maximum absolute atomic E-state index is 14.3. The number of para-hydroxylation sites is 1. The highest BCUT2D eigenvalue weighted by molar-refractivity contribution is 6.33. The molecule has 0 aliphatic carbocycles. The highest BCUT2D eigenvalue weighted by atomic mass is 35.5. The van der Waals surface area contributed by atoms with E-state index in [-0.39, 0.29) is 23.5 Å². The SMILES string of the molecule is CC(=O)c1cccc(Nc2ncc(F)c(Nc3ccc(C(=O)Nc4ccccc4Cl)cc3)n2)c1. The Morgan fingerprint density at radius 1 is 0.882 bits per heavy atom. The Morgan fingerprint density at radius 3 is 2.38 bits per heavy atom. The van der Waals surface area contributed by atoms with Gasteiger partial charge in [0.2, 0.25) is 5.95 Å². The number of carbonyl (C=O) groups excluding carboxylic acids is 2. The molecule has 1 aromatic heterocycles. The first-order valence-electron chi connectivity index (χ1n) is 10.2. The summed E-state index contributed by atoms with van der Waals surface area (Å²) in [5.74, 6) is -0.945. The molecular formula is C25H19ClFN5O2. The normalized spacial score (nSPS) is 10.4. The summed E-state index contributed by atoms with van der Waals surface area (Å²) in [7, 11) is 0.